The van der Waals surface area contributed by atoms with E-state index in [9.17, 15) is 0 Å². The number of halogens is 2. The van der Waals surface area contributed by atoms with Gasteiger partial charge in [0.2, 0.25) is 0 Å². The Kier molecular flexibility index (Phi) is 13.2. The molecule has 0 N–H and O–H groups in total. The van der Waals surface area contributed by atoms with Gasteiger partial charge in [-0.1, -0.05) is 89.8 Å². The van der Waals surface area contributed by atoms with Crippen LogP contribution in [0.25, 0.3) is 21.5 Å². The summed E-state index contributed by atoms with van der Waals surface area (Å²) in [5.41, 5.74) is 8.04. The maximum absolute atomic E-state index is 3.72. The first-order valence-corrected chi connectivity index (χ1v) is 20.7. The van der Waals surface area contributed by atoms with Gasteiger partial charge in [0.25, 0.3) is 0 Å². The van der Waals surface area contributed by atoms with E-state index in [0.717, 1.165) is 17.8 Å². The molecular weight excluding hydrogens is 763 g/mol. The first-order valence-electron chi connectivity index (χ1n) is 19.4. The second kappa shape index (κ2) is 16.7. The summed E-state index contributed by atoms with van der Waals surface area (Å²) < 4.78 is 1.42. The molecule has 0 spiro atoms. The van der Waals surface area contributed by atoms with E-state index >= 15 is 0 Å². The quantitative estimate of drug-likeness (QED) is 0.169. The molecule has 0 heterocycles. The van der Waals surface area contributed by atoms with Crippen molar-refractivity contribution in [2.75, 3.05) is 0 Å². The average Bonchev–Trinajstić information content (AvgIpc) is 3.71. The number of benzene rings is 4. The van der Waals surface area contributed by atoms with Gasteiger partial charge in [-0.25, -0.2) is 11.6 Å². The van der Waals surface area contributed by atoms with Gasteiger partial charge in [0.05, 0.1) is 0 Å². The van der Waals surface area contributed by atoms with Gasteiger partial charge in [0, 0.05) is 0 Å². The summed E-state index contributed by atoms with van der Waals surface area (Å²) in [6.45, 7) is 15.9. The van der Waals surface area contributed by atoms with E-state index in [4.69, 9.17) is 0 Å². The average molecular weight is 819 g/mol. The van der Waals surface area contributed by atoms with Crippen molar-refractivity contribution in [1.29, 1.82) is 0 Å². The summed E-state index contributed by atoms with van der Waals surface area (Å²) in [6.07, 6.45) is 17.6. The monoisotopic (exact) mass is 816 g/mol. The standard InChI is InChI=1S/C21H25.C16H21.C13H10.2ClH.Zr/c1-20(2,3)16-9-7-14-11-15-8-10-17(21(4,5)6)13-19(15)18(14)12-16;1-11-2-3-15(4-11)16-8-12-5-13(9-16)7-14(6-12)10-16;1-3-7-12(8-4-1)11-13-9-5-2-6-10-13;;;/h7-13H,1-6H3;2-3,11-14H,5-10H2,1H3;1-10H;2*1H;/q2*-1;;;;+2/p-2. The predicted octanol–water partition coefficient (Wildman–Crippen LogP) is 7.26. The number of rotatable bonds is 3. The van der Waals surface area contributed by atoms with Crippen molar-refractivity contribution in [3.05, 3.63) is 149 Å². The number of fused-ring (bicyclic) bond motifs is 3. The molecule has 10 rings (SSSR count). The molecule has 5 aromatic carbocycles. The number of hydrogen-bond acceptors (Lipinski definition) is 0. The van der Waals surface area contributed by atoms with Gasteiger partial charge >= 0.3 is 99.2 Å². The molecule has 4 saturated carbocycles. The van der Waals surface area contributed by atoms with Crippen LogP contribution in [0.1, 0.15) is 109 Å². The van der Waals surface area contributed by atoms with Crippen LogP contribution in [-0.4, -0.2) is 3.21 Å². The van der Waals surface area contributed by atoms with Crippen molar-refractivity contribution in [2.24, 2.45) is 29.1 Å². The van der Waals surface area contributed by atoms with E-state index in [1.807, 2.05) is 0 Å². The summed E-state index contributed by atoms with van der Waals surface area (Å²) in [7, 11) is 0. The Morgan fingerprint density at radius 3 is 1.42 bits per heavy atom. The Morgan fingerprint density at radius 1 is 0.642 bits per heavy atom. The van der Waals surface area contributed by atoms with E-state index in [1.165, 1.54) is 90.5 Å². The topological polar surface area (TPSA) is 0 Å². The molecule has 1 atom stereocenters. The van der Waals surface area contributed by atoms with Crippen LogP contribution >= 0.6 is 0 Å². The normalized spacial score (nSPS) is 24.0. The molecule has 0 nitrogen and oxygen atoms in total. The fourth-order valence-electron chi connectivity index (χ4n) is 9.66. The van der Waals surface area contributed by atoms with Gasteiger partial charge in [-0.05, 0) is 72.5 Å². The van der Waals surface area contributed by atoms with Crippen LogP contribution in [0.5, 0.6) is 0 Å². The third kappa shape index (κ3) is 9.34. The third-order valence-electron chi connectivity index (χ3n) is 12.1. The molecular formula is C50H56Cl2Zr-2. The van der Waals surface area contributed by atoms with Crippen LogP contribution in [0.3, 0.4) is 0 Å². The SMILES string of the molecule is CC(C)(C)c1ccc2[cH-]c3ccc(C(C)(C)C)cc3c2c1.CC1[C-]=C(C23CC4CC(CC(C4)C2)C3)C=C1.[Cl-].[Cl-].[Zr+2]=[C](c1ccccc1)c1ccccc1. The van der Waals surface area contributed by atoms with Gasteiger partial charge in [-0.3, -0.25) is 6.08 Å². The second-order valence-electron chi connectivity index (χ2n) is 18.3. The van der Waals surface area contributed by atoms with Gasteiger partial charge in [0.1, 0.15) is 0 Å². The molecule has 4 bridgehead atoms. The Bertz CT molecular complexity index is 1920. The minimum atomic E-state index is 0. The predicted molar refractivity (Wildman–Crippen MR) is 216 cm³/mol. The Hall–Kier alpha value is -2.44. The summed E-state index contributed by atoms with van der Waals surface area (Å²) in [5, 5.41) is 5.49. The first kappa shape index (κ1) is 41.7. The van der Waals surface area contributed by atoms with Crippen LogP contribution in [0.4, 0.5) is 0 Å². The third-order valence-corrected chi connectivity index (χ3v) is 13.5. The molecule has 0 radical (unpaired) electrons. The fourth-order valence-corrected chi connectivity index (χ4v) is 10.5. The molecule has 3 heteroatoms. The molecule has 53 heavy (non-hydrogen) atoms. The van der Waals surface area contributed by atoms with Crippen molar-refractivity contribution in [1.82, 2.24) is 0 Å². The first-order chi connectivity index (χ1) is 24.3. The fraction of sp³-hybridized carbons (Fsp3) is 0.400. The van der Waals surface area contributed by atoms with Crippen molar-refractivity contribution >= 4 is 24.8 Å². The number of hydrogen-bond donors (Lipinski definition) is 0. The van der Waals surface area contributed by atoms with Gasteiger partial charge in [-0.15, -0.1) is 39.7 Å². The van der Waals surface area contributed by atoms with Gasteiger partial charge < -0.3 is 24.8 Å². The Balaban J connectivity index is 0.000000154. The molecule has 5 aliphatic carbocycles. The van der Waals surface area contributed by atoms with Gasteiger partial charge in [-0.2, -0.15) is 6.08 Å². The van der Waals surface area contributed by atoms with Crippen LogP contribution < -0.4 is 24.8 Å². The van der Waals surface area contributed by atoms with Crippen LogP contribution in [0.2, 0.25) is 0 Å². The second-order valence-corrected chi connectivity index (χ2v) is 19.5. The molecule has 0 amide bonds. The zero-order valence-corrected chi connectivity index (χ0v) is 36.7. The van der Waals surface area contributed by atoms with Crippen LogP contribution in [0.15, 0.2) is 121 Å². The van der Waals surface area contributed by atoms with E-state index in [-0.39, 0.29) is 35.6 Å². The molecule has 1 unspecified atom stereocenters. The van der Waals surface area contributed by atoms with E-state index in [2.05, 4.69) is 170 Å². The van der Waals surface area contributed by atoms with Crippen molar-refractivity contribution in [3.63, 3.8) is 0 Å². The summed E-state index contributed by atoms with van der Waals surface area (Å²) in [5.74, 6) is 3.75. The van der Waals surface area contributed by atoms with Crippen molar-refractivity contribution < 1.29 is 49.0 Å². The summed E-state index contributed by atoms with van der Waals surface area (Å²) in [4.78, 5) is 0. The Labute approximate surface area is 347 Å². The molecule has 0 aromatic heterocycles. The molecule has 4 fully saturated rings. The zero-order chi connectivity index (χ0) is 36.0. The Morgan fingerprint density at radius 2 is 1.06 bits per heavy atom. The summed E-state index contributed by atoms with van der Waals surface area (Å²) in [6, 6.07) is 37.3. The molecule has 5 aliphatic rings. The molecule has 0 aliphatic heterocycles. The molecule has 0 saturated heterocycles. The molecule has 5 aromatic rings. The van der Waals surface area contributed by atoms with E-state index < -0.39 is 0 Å². The van der Waals surface area contributed by atoms with Crippen molar-refractivity contribution in [2.45, 2.75) is 97.8 Å². The maximum atomic E-state index is 3.72. The minimum absolute atomic E-state index is 0. The molecule has 276 valence electrons. The number of allylic oxidation sites excluding steroid dienone is 4. The van der Waals surface area contributed by atoms with E-state index in [0.29, 0.717) is 11.3 Å². The van der Waals surface area contributed by atoms with Crippen molar-refractivity contribution in [3.8, 4) is 0 Å². The summed E-state index contributed by atoms with van der Waals surface area (Å²) >= 11 is 1.46. The van der Waals surface area contributed by atoms with E-state index in [1.54, 1.807) is 24.8 Å². The van der Waals surface area contributed by atoms with Crippen LogP contribution in [-0.2, 0) is 35.1 Å². The van der Waals surface area contributed by atoms with Gasteiger partial charge in [0.15, 0.2) is 0 Å². The van der Waals surface area contributed by atoms with Crippen LogP contribution in [0, 0.1) is 35.2 Å². The zero-order valence-electron chi connectivity index (χ0n) is 32.8.